The number of rotatable bonds is 1. The highest BCUT2D eigenvalue weighted by Crippen LogP contribution is 2.27. The molecule has 1 atom stereocenters. The number of morpholine rings is 1. The van der Waals surface area contributed by atoms with Crippen LogP contribution in [0.3, 0.4) is 0 Å². The van der Waals surface area contributed by atoms with Gasteiger partial charge in [0, 0.05) is 6.54 Å². The summed E-state index contributed by atoms with van der Waals surface area (Å²) < 4.78 is 19.1. The van der Waals surface area contributed by atoms with Crippen LogP contribution in [0.5, 0.6) is 0 Å². The van der Waals surface area contributed by atoms with E-state index in [9.17, 15) is 4.39 Å². The van der Waals surface area contributed by atoms with Crippen LogP contribution in [-0.2, 0) is 4.74 Å². The summed E-state index contributed by atoms with van der Waals surface area (Å²) in [6, 6.07) is 5.15. The quantitative estimate of drug-likeness (QED) is 0.836. The van der Waals surface area contributed by atoms with Gasteiger partial charge in [-0.3, -0.25) is 0 Å². The number of hydrogen-bond donors (Lipinski definition) is 1. The number of ether oxygens (including phenoxy) is 1. The molecule has 1 N–H and O–H groups in total. The van der Waals surface area contributed by atoms with Crippen LogP contribution in [0.25, 0.3) is 0 Å². The highest BCUT2D eigenvalue weighted by molar-refractivity contribution is 9.10. The molecular formula is C10H11BrFNO. The first-order valence-electron chi connectivity index (χ1n) is 4.54. The first kappa shape index (κ1) is 10.1. The van der Waals surface area contributed by atoms with Gasteiger partial charge in [-0.2, -0.15) is 0 Å². The second-order valence-corrected chi connectivity index (χ2v) is 4.02. The minimum Gasteiger partial charge on any atom is -0.378 e. The molecule has 0 bridgehead atoms. The molecular weight excluding hydrogens is 249 g/mol. The predicted octanol–water partition coefficient (Wildman–Crippen LogP) is 2.25. The molecule has 2 nitrogen and oxygen atoms in total. The number of benzene rings is 1. The number of hydrogen-bond acceptors (Lipinski definition) is 2. The molecule has 2 rings (SSSR count). The van der Waals surface area contributed by atoms with E-state index < -0.39 is 0 Å². The Morgan fingerprint density at radius 3 is 3.07 bits per heavy atom. The topological polar surface area (TPSA) is 21.3 Å². The summed E-state index contributed by atoms with van der Waals surface area (Å²) in [7, 11) is 0. The average molecular weight is 260 g/mol. The van der Waals surface area contributed by atoms with Gasteiger partial charge in [0.1, 0.15) is 5.82 Å². The number of nitrogens with one attached hydrogen (secondary N) is 1. The monoisotopic (exact) mass is 259 g/mol. The Labute approximate surface area is 90.6 Å². The lowest BCUT2D eigenvalue weighted by Gasteiger charge is -2.25. The van der Waals surface area contributed by atoms with E-state index >= 15 is 0 Å². The zero-order chi connectivity index (χ0) is 9.97. The largest absolute Gasteiger partial charge is 0.378 e. The van der Waals surface area contributed by atoms with Gasteiger partial charge < -0.3 is 10.1 Å². The molecule has 0 spiro atoms. The molecule has 0 radical (unpaired) electrons. The van der Waals surface area contributed by atoms with Gasteiger partial charge in [0.25, 0.3) is 0 Å². The van der Waals surface area contributed by atoms with Gasteiger partial charge in [0.15, 0.2) is 0 Å². The smallest absolute Gasteiger partial charge is 0.137 e. The summed E-state index contributed by atoms with van der Waals surface area (Å²) in [4.78, 5) is 0. The summed E-state index contributed by atoms with van der Waals surface area (Å²) in [6.45, 7) is 2.14. The lowest BCUT2D eigenvalue weighted by Crippen LogP contribution is -2.34. The molecule has 1 aromatic carbocycles. The summed E-state index contributed by atoms with van der Waals surface area (Å²) in [5, 5.41) is 3.28. The van der Waals surface area contributed by atoms with Crippen LogP contribution in [0.1, 0.15) is 11.6 Å². The highest BCUT2D eigenvalue weighted by atomic mass is 79.9. The normalized spacial score (nSPS) is 22.3. The lowest BCUT2D eigenvalue weighted by molar-refractivity contribution is 0.0766. The van der Waals surface area contributed by atoms with Crippen LogP contribution in [0, 0.1) is 5.82 Å². The second-order valence-electron chi connectivity index (χ2n) is 3.22. The van der Waals surface area contributed by atoms with E-state index in [-0.39, 0.29) is 11.9 Å². The molecule has 1 saturated heterocycles. The first-order chi connectivity index (χ1) is 6.79. The van der Waals surface area contributed by atoms with Gasteiger partial charge in [0.05, 0.1) is 23.7 Å². The van der Waals surface area contributed by atoms with Gasteiger partial charge in [-0.05, 0) is 27.6 Å². The highest BCUT2D eigenvalue weighted by Gasteiger charge is 2.18. The Kier molecular flexibility index (Phi) is 3.15. The molecule has 0 aromatic heterocycles. The Morgan fingerprint density at radius 2 is 2.36 bits per heavy atom. The van der Waals surface area contributed by atoms with Crippen molar-refractivity contribution in [2.75, 3.05) is 19.8 Å². The minimum atomic E-state index is -0.227. The van der Waals surface area contributed by atoms with Gasteiger partial charge in [-0.25, -0.2) is 4.39 Å². The molecule has 76 valence electrons. The SMILES string of the molecule is Fc1cccc([C@H]2COCCN2)c1Br. The van der Waals surface area contributed by atoms with Crippen molar-refractivity contribution in [1.82, 2.24) is 5.32 Å². The fourth-order valence-corrected chi connectivity index (χ4v) is 2.10. The van der Waals surface area contributed by atoms with Crippen molar-refractivity contribution < 1.29 is 9.13 Å². The molecule has 1 heterocycles. The first-order valence-corrected chi connectivity index (χ1v) is 5.33. The molecule has 1 fully saturated rings. The van der Waals surface area contributed by atoms with Gasteiger partial charge >= 0.3 is 0 Å². The Hall–Kier alpha value is -0.450. The van der Waals surface area contributed by atoms with E-state index in [0.717, 1.165) is 18.7 Å². The molecule has 0 saturated carbocycles. The van der Waals surface area contributed by atoms with Gasteiger partial charge in [0.2, 0.25) is 0 Å². The minimum absolute atomic E-state index is 0.0915. The maximum Gasteiger partial charge on any atom is 0.137 e. The average Bonchev–Trinajstić information content (AvgIpc) is 2.23. The molecule has 0 aliphatic carbocycles. The molecule has 14 heavy (non-hydrogen) atoms. The summed E-state index contributed by atoms with van der Waals surface area (Å²) >= 11 is 3.25. The van der Waals surface area contributed by atoms with Gasteiger partial charge in [-0.1, -0.05) is 12.1 Å². The third kappa shape index (κ3) is 1.97. The predicted molar refractivity (Wildman–Crippen MR) is 55.7 cm³/mol. The summed E-state index contributed by atoms with van der Waals surface area (Å²) in [5.41, 5.74) is 0.921. The van der Waals surface area contributed by atoms with Crippen LogP contribution < -0.4 is 5.32 Å². The maximum atomic E-state index is 13.2. The van der Waals surface area contributed by atoms with Crippen LogP contribution in [0.4, 0.5) is 4.39 Å². The van der Waals surface area contributed by atoms with E-state index in [0.29, 0.717) is 11.1 Å². The van der Waals surface area contributed by atoms with Crippen molar-refractivity contribution in [2.24, 2.45) is 0 Å². The summed E-state index contributed by atoms with van der Waals surface area (Å²) in [5.74, 6) is -0.227. The van der Waals surface area contributed by atoms with Crippen molar-refractivity contribution >= 4 is 15.9 Å². The molecule has 1 aliphatic heterocycles. The van der Waals surface area contributed by atoms with Crippen LogP contribution in [-0.4, -0.2) is 19.8 Å². The van der Waals surface area contributed by atoms with Crippen LogP contribution >= 0.6 is 15.9 Å². The standard InChI is InChI=1S/C10H11BrFNO/c11-10-7(2-1-3-8(10)12)9-6-14-5-4-13-9/h1-3,9,13H,4-6H2/t9-/m1/s1. The molecule has 0 unspecified atom stereocenters. The zero-order valence-electron chi connectivity index (χ0n) is 7.59. The van der Waals surface area contributed by atoms with E-state index in [1.165, 1.54) is 6.07 Å². The molecule has 1 aromatic rings. The van der Waals surface area contributed by atoms with E-state index in [1.807, 2.05) is 6.07 Å². The lowest BCUT2D eigenvalue weighted by atomic mass is 10.1. The fourth-order valence-electron chi connectivity index (χ4n) is 1.55. The molecule has 4 heteroatoms. The Balaban J connectivity index is 2.26. The van der Waals surface area contributed by atoms with Gasteiger partial charge in [-0.15, -0.1) is 0 Å². The third-order valence-corrected chi connectivity index (χ3v) is 3.12. The van der Waals surface area contributed by atoms with Crippen molar-refractivity contribution in [3.8, 4) is 0 Å². The second kappa shape index (κ2) is 4.38. The van der Waals surface area contributed by atoms with Crippen molar-refractivity contribution in [3.05, 3.63) is 34.1 Å². The van der Waals surface area contributed by atoms with E-state index in [4.69, 9.17) is 4.74 Å². The van der Waals surface area contributed by atoms with Crippen LogP contribution in [0.2, 0.25) is 0 Å². The summed E-state index contributed by atoms with van der Waals surface area (Å²) in [6.07, 6.45) is 0. The molecule has 1 aliphatic rings. The Bertz CT molecular complexity index is 326. The third-order valence-electron chi connectivity index (χ3n) is 2.28. The zero-order valence-corrected chi connectivity index (χ0v) is 9.18. The van der Waals surface area contributed by atoms with E-state index in [2.05, 4.69) is 21.2 Å². The molecule has 0 amide bonds. The van der Waals surface area contributed by atoms with Crippen molar-refractivity contribution in [1.29, 1.82) is 0 Å². The van der Waals surface area contributed by atoms with E-state index in [1.54, 1.807) is 6.07 Å². The van der Waals surface area contributed by atoms with Crippen LogP contribution in [0.15, 0.2) is 22.7 Å². The number of halogens is 2. The fraction of sp³-hybridized carbons (Fsp3) is 0.400. The Morgan fingerprint density at radius 1 is 1.50 bits per heavy atom. The maximum absolute atomic E-state index is 13.2. The van der Waals surface area contributed by atoms with Crippen molar-refractivity contribution in [3.63, 3.8) is 0 Å². The van der Waals surface area contributed by atoms with Crippen molar-refractivity contribution in [2.45, 2.75) is 6.04 Å².